The Kier molecular flexibility index (Phi) is 5.07. The average molecular weight is 481 g/mol. The molecule has 1 fully saturated rings. The van der Waals surface area contributed by atoms with Gasteiger partial charge in [-0.1, -0.05) is 36.4 Å². The van der Waals surface area contributed by atoms with Gasteiger partial charge in [-0.2, -0.15) is 0 Å². The molecule has 2 aliphatic rings. The molecule has 0 spiro atoms. The van der Waals surface area contributed by atoms with Crippen molar-refractivity contribution in [2.45, 2.75) is 51.2 Å². The van der Waals surface area contributed by atoms with Crippen LogP contribution in [0.5, 0.6) is 0 Å². The van der Waals surface area contributed by atoms with E-state index in [-0.39, 0.29) is 6.09 Å². The fourth-order valence-electron chi connectivity index (χ4n) is 4.92. The zero-order valence-electron chi connectivity index (χ0n) is 20.6. The molecular weight excluding hydrogens is 452 g/mol. The van der Waals surface area contributed by atoms with Gasteiger partial charge in [0.15, 0.2) is 17.5 Å². The second-order valence-corrected chi connectivity index (χ2v) is 10.4. The maximum atomic E-state index is 12.5. The van der Waals surface area contributed by atoms with Crippen LogP contribution in [0.2, 0.25) is 0 Å². The highest BCUT2D eigenvalue weighted by atomic mass is 16.6. The zero-order chi connectivity index (χ0) is 24.9. The molecule has 1 aliphatic heterocycles. The van der Waals surface area contributed by atoms with E-state index in [0.717, 1.165) is 64.8 Å². The highest BCUT2D eigenvalue weighted by Gasteiger charge is 2.41. The number of para-hydroxylation sites is 1. The predicted molar refractivity (Wildman–Crippen MR) is 138 cm³/mol. The van der Waals surface area contributed by atoms with Crippen molar-refractivity contribution in [1.82, 2.24) is 25.1 Å². The summed E-state index contributed by atoms with van der Waals surface area (Å²) < 4.78 is 7.58. The van der Waals surface area contributed by atoms with Crippen LogP contribution in [0.1, 0.15) is 45.6 Å². The number of carbonyl (C=O) groups excluding carboxylic acids is 1. The number of aromatic nitrogens is 4. The molecule has 182 valence electrons. The van der Waals surface area contributed by atoms with Crippen molar-refractivity contribution in [2.24, 2.45) is 0 Å². The summed E-state index contributed by atoms with van der Waals surface area (Å²) in [6.45, 7) is 5.62. The lowest BCUT2D eigenvalue weighted by atomic mass is 9.72. The topological polar surface area (TPSA) is 94.0 Å². The molecule has 2 aromatic heterocycles. The van der Waals surface area contributed by atoms with Gasteiger partial charge >= 0.3 is 6.09 Å². The van der Waals surface area contributed by atoms with Gasteiger partial charge in [-0.3, -0.25) is 4.57 Å². The third-order valence-corrected chi connectivity index (χ3v) is 6.75. The van der Waals surface area contributed by atoms with E-state index in [4.69, 9.17) is 4.74 Å². The number of amides is 1. The maximum absolute atomic E-state index is 12.5. The second kappa shape index (κ2) is 8.19. The number of fused-ring (bicyclic) bond motifs is 5. The summed E-state index contributed by atoms with van der Waals surface area (Å²) in [6, 6.07) is 20.2. The van der Waals surface area contributed by atoms with E-state index in [1.807, 2.05) is 73.9 Å². The fraction of sp³-hybridized carbons (Fsp3) is 0.286. The highest BCUT2D eigenvalue weighted by molar-refractivity contribution is 5.84. The van der Waals surface area contributed by atoms with Crippen LogP contribution in [0.3, 0.4) is 0 Å². The van der Waals surface area contributed by atoms with Crippen LogP contribution in [0, 0.1) is 0 Å². The minimum atomic E-state index is -0.539. The Morgan fingerprint density at radius 3 is 2.47 bits per heavy atom. The number of alkyl carbamates (subject to hydrolysis) is 1. The molecule has 0 atom stereocenters. The van der Waals surface area contributed by atoms with Crippen molar-refractivity contribution in [3.8, 4) is 28.5 Å². The first-order chi connectivity index (χ1) is 17.3. The van der Waals surface area contributed by atoms with Gasteiger partial charge in [0.2, 0.25) is 0 Å². The maximum Gasteiger partial charge on any atom is 0.408 e. The number of hydrogen-bond acceptors (Lipinski definition) is 6. The normalized spacial score (nSPS) is 15.3. The van der Waals surface area contributed by atoms with Crippen molar-refractivity contribution < 1.29 is 9.53 Å². The highest BCUT2D eigenvalue weighted by Crippen LogP contribution is 2.43. The molecule has 0 radical (unpaired) electrons. The number of ether oxygens (including phenoxy) is 1. The lowest BCUT2D eigenvalue weighted by Gasteiger charge is -2.43. The Hall–Kier alpha value is -4.20. The van der Waals surface area contributed by atoms with Crippen LogP contribution in [-0.2, 0) is 10.3 Å². The van der Waals surface area contributed by atoms with Crippen molar-refractivity contribution in [3.63, 3.8) is 0 Å². The van der Waals surface area contributed by atoms with Gasteiger partial charge in [-0.15, -0.1) is 10.2 Å². The molecule has 0 saturated heterocycles. The summed E-state index contributed by atoms with van der Waals surface area (Å²) in [4.78, 5) is 17.1. The molecule has 0 unspecified atom stereocenters. The van der Waals surface area contributed by atoms with E-state index in [1.54, 1.807) is 6.20 Å². The molecule has 36 heavy (non-hydrogen) atoms. The number of nitrogens with zero attached hydrogens (tertiary/aromatic N) is 4. The van der Waals surface area contributed by atoms with Gasteiger partial charge in [0, 0.05) is 17.3 Å². The van der Waals surface area contributed by atoms with Crippen LogP contribution in [0.4, 0.5) is 16.3 Å². The van der Waals surface area contributed by atoms with Crippen LogP contribution in [0.25, 0.3) is 28.5 Å². The van der Waals surface area contributed by atoms with Gasteiger partial charge in [-0.05, 0) is 69.9 Å². The van der Waals surface area contributed by atoms with Gasteiger partial charge in [0.1, 0.15) is 5.60 Å². The SMILES string of the molecule is CC(C)(C)OC(=O)NC1(c2ccc(-c3nnc4n3-c3cccnc3Nc3ccccc3-4)cc2)CCC1. The standard InChI is InChI=1S/C28H28N6O2/c1-27(2,3)36-26(35)31-28(15-7-16-28)19-13-11-18(12-14-19)24-32-33-25-20-8-4-5-9-21(20)30-23-22(34(24)25)10-6-17-29-23/h4-6,8-14,17H,7,15-16H2,1-3H3,(H,29,30)(H,31,35). The summed E-state index contributed by atoms with van der Waals surface area (Å²) in [5.41, 5.74) is 3.83. The third-order valence-electron chi connectivity index (χ3n) is 6.75. The molecule has 1 aliphatic carbocycles. The Bertz CT molecular complexity index is 1450. The van der Waals surface area contributed by atoms with Gasteiger partial charge in [-0.25, -0.2) is 9.78 Å². The van der Waals surface area contributed by atoms with Gasteiger partial charge < -0.3 is 15.4 Å². The summed E-state index contributed by atoms with van der Waals surface area (Å²) in [5.74, 6) is 2.23. The Balaban J connectivity index is 1.38. The van der Waals surface area contributed by atoms with Crippen molar-refractivity contribution in [2.75, 3.05) is 5.32 Å². The van der Waals surface area contributed by atoms with Crippen molar-refractivity contribution in [1.29, 1.82) is 0 Å². The number of carbonyl (C=O) groups is 1. The molecule has 0 bridgehead atoms. The molecule has 2 aromatic carbocycles. The first kappa shape index (κ1) is 22.3. The lowest BCUT2D eigenvalue weighted by molar-refractivity contribution is 0.0377. The van der Waals surface area contributed by atoms with Crippen molar-refractivity contribution >= 4 is 17.6 Å². The zero-order valence-corrected chi connectivity index (χ0v) is 20.6. The molecule has 8 heteroatoms. The van der Waals surface area contributed by atoms with E-state index in [0.29, 0.717) is 0 Å². The Morgan fingerprint density at radius 1 is 1.00 bits per heavy atom. The summed E-state index contributed by atoms with van der Waals surface area (Å²) in [5, 5.41) is 15.7. The van der Waals surface area contributed by atoms with E-state index in [2.05, 4.69) is 37.9 Å². The molecule has 1 amide bonds. The lowest BCUT2D eigenvalue weighted by Crippen LogP contribution is -2.52. The molecule has 8 nitrogen and oxygen atoms in total. The Morgan fingerprint density at radius 2 is 1.75 bits per heavy atom. The average Bonchev–Trinajstić information content (AvgIpc) is 3.20. The summed E-state index contributed by atoms with van der Waals surface area (Å²) in [6.07, 6.45) is 4.21. The predicted octanol–water partition coefficient (Wildman–Crippen LogP) is 5.96. The van der Waals surface area contributed by atoms with Crippen molar-refractivity contribution in [3.05, 3.63) is 72.4 Å². The Labute approximate surface area is 209 Å². The third kappa shape index (κ3) is 3.79. The smallest absolute Gasteiger partial charge is 0.408 e. The minimum Gasteiger partial charge on any atom is -0.444 e. The number of nitrogens with one attached hydrogen (secondary N) is 2. The largest absolute Gasteiger partial charge is 0.444 e. The number of hydrogen-bond donors (Lipinski definition) is 2. The number of pyridine rings is 1. The molecule has 2 N–H and O–H groups in total. The molecule has 1 saturated carbocycles. The van der Waals surface area contributed by atoms with E-state index in [1.165, 1.54) is 0 Å². The van der Waals surface area contributed by atoms with Crippen LogP contribution >= 0.6 is 0 Å². The van der Waals surface area contributed by atoms with E-state index in [9.17, 15) is 4.79 Å². The number of rotatable bonds is 3. The molecule has 4 aromatic rings. The summed E-state index contributed by atoms with van der Waals surface area (Å²) >= 11 is 0. The van der Waals surface area contributed by atoms with E-state index < -0.39 is 11.1 Å². The van der Waals surface area contributed by atoms with E-state index >= 15 is 0 Å². The van der Waals surface area contributed by atoms with Crippen LogP contribution < -0.4 is 10.6 Å². The molecular formula is C28H28N6O2. The molecule has 3 heterocycles. The fourth-order valence-corrected chi connectivity index (χ4v) is 4.92. The number of benzene rings is 2. The quantitative estimate of drug-likeness (QED) is 0.331. The first-order valence-electron chi connectivity index (χ1n) is 12.2. The summed E-state index contributed by atoms with van der Waals surface area (Å²) in [7, 11) is 0. The van der Waals surface area contributed by atoms with Crippen LogP contribution in [0.15, 0.2) is 66.9 Å². The molecule has 6 rings (SSSR count). The van der Waals surface area contributed by atoms with Crippen LogP contribution in [-0.4, -0.2) is 31.4 Å². The monoisotopic (exact) mass is 480 g/mol. The second-order valence-electron chi connectivity index (χ2n) is 10.4. The van der Waals surface area contributed by atoms with Gasteiger partial charge in [0.25, 0.3) is 0 Å². The number of anilines is 2. The van der Waals surface area contributed by atoms with Gasteiger partial charge in [0.05, 0.1) is 16.9 Å². The minimum absolute atomic E-state index is 0.385. The first-order valence-corrected chi connectivity index (χ1v) is 12.2.